The van der Waals surface area contributed by atoms with Gasteiger partial charge in [-0.05, 0) is 46.8 Å². The minimum absolute atomic E-state index is 0.00998. The van der Waals surface area contributed by atoms with Gasteiger partial charge in [0.1, 0.15) is 11.1 Å². The molecule has 1 aliphatic heterocycles. The van der Waals surface area contributed by atoms with Crippen molar-refractivity contribution >= 4 is 38.5 Å². The molecule has 34 heavy (non-hydrogen) atoms. The number of hydrogen-bond donors (Lipinski definition) is 1. The van der Waals surface area contributed by atoms with Crippen LogP contribution in [0.4, 0.5) is 5.13 Å². The van der Waals surface area contributed by atoms with Crippen molar-refractivity contribution in [3.63, 3.8) is 0 Å². The van der Waals surface area contributed by atoms with E-state index in [9.17, 15) is 14.4 Å². The molecule has 1 N–H and O–H groups in total. The molecule has 0 aliphatic carbocycles. The van der Waals surface area contributed by atoms with Crippen LogP contribution >= 0.6 is 11.3 Å². The van der Waals surface area contributed by atoms with E-state index in [0.29, 0.717) is 26.2 Å². The maximum atomic E-state index is 13.4. The number of thiazole rings is 1. The highest BCUT2D eigenvalue weighted by atomic mass is 32.1. The fraction of sp³-hybridized carbons (Fsp3) is 0.440. The second kappa shape index (κ2) is 9.21. The van der Waals surface area contributed by atoms with Crippen LogP contribution in [-0.2, 0) is 0 Å². The van der Waals surface area contributed by atoms with Gasteiger partial charge in [-0.25, -0.2) is 4.98 Å². The molecule has 9 heteroatoms. The van der Waals surface area contributed by atoms with Gasteiger partial charge in [0.2, 0.25) is 5.43 Å². The van der Waals surface area contributed by atoms with Gasteiger partial charge in [0.25, 0.3) is 11.8 Å². The number of rotatable bonds is 4. The maximum Gasteiger partial charge on any atom is 0.259 e. The van der Waals surface area contributed by atoms with E-state index in [1.165, 1.54) is 6.20 Å². The fourth-order valence-corrected chi connectivity index (χ4v) is 4.90. The van der Waals surface area contributed by atoms with Crippen molar-refractivity contribution in [1.82, 2.24) is 19.8 Å². The van der Waals surface area contributed by atoms with E-state index in [1.807, 2.05) is 52.8 Å². The summed E-state index contributed by atoms with van der Waals surface area (Å²) in [6.45, 7) is 11.7. The van der Waals surface area contributed by atoms with E-state index >= 15 is 0 Å². The van der Waals surface area contributed by atoms with Crippen molar-refractivity contribution < 1.29 is 9.59 Å². The lowest BCUT2D eigenvalue weighted by molar-refractivity contribution is 0.0744. The van der Waals surface area contributed by atoms with E-state index in [1.54, 1.807) is 27.0 Å². The zero-order valence-electron chi connectivity index (χ0n) is 20.3. The smallest absolute Gasteiger partial charge is 0.259 e. The number of carbonyl (C=O) groups is 2. The summed E-state index contributed by atoms with van der Waals surface area (Å²) < 4.78 is 2.89. The minimum atomic E-state index is -0.530. The summed E-state index contributed by atoms with van der Waals surface area (Å²) in [5.41, 5.74) is -0.0347. The third kappa shape index (κ3) is 4.99. The minimum Gasteiger partial charge on any atom is -0.350 e. The lowest BCUT2D eigenvalue weighted by Crippen LogP contribution is -2.50. The Morgan fingerprint density at radius 3 is 2.29 bits per heavy atom. The van der Waals surface area contributed by atoms with Crippen molar-refractivity contribution in [1.29, 1.82) is 0 Å². The Bertz CT molecular complexity index is 1250. The number of aromatic nitrogens is 2. The van der Waals surface area contributed by atoms with Gasteiger partial charge in [-0.3, -0.25) is 14.4 Å². The van der Waals surface area contributed by atoms with Crippen LogP contribution in [0.2, 0.25) is 0 Å². The van der Waals surface area contributed by atoms with Gasteiger partial charge in [0.05, 0.1) is 10.2 Å². The number of fused-ring (bicyclic) bond motifs is 1. The van der Waals surface area contributed by atoms with E-state index in [4.69, 9.17) is 4.98 Å². The Kier molecular flexibility index (Phi) is 6.49. The van der Waals surface area contributed by atoms with Crippen molar-refractivity contribution in [2.75, 3.05) is 31.1 Å². The molecule has 2 amide bonds. The van der Waals surface area contributed by atoms with Crippen molar-refractivity contribution in [2.24, 2.45) is 0 Å². The highest BCUT2D eigenvalue weighted by Gasteiger charge is 2.28. The molecule has 1 fully saturated rings. The van der Waals surface area contributed by atoms with Crippen LogP contribution < -0.4 is 15.6 Å². The van der Waals surface area contributed by atoms with Gasteiger partial charge in [0.15, 0.2) is 5.13 Å². The number of anilines is 1. The summed E-state index contributed by atoms with van der Waals surface area (Å²) >= 11 is 1.64. The zero-order valence-corrected chi connectivity index (χ0v) is 21.1. The molecule has 0 saturated carbocycles. The molecule has 0 atom stereocenters. The van der Waals surface area contributed by atoms with Gasteiger partial charge in [-0.2, -0.15) is 0 Å². The number of carbonyl (C=O) groups excluding carboxylic acids is 2. The number of nitrogens with zero attached hydrogens (tertiary/aromatic N) is 4. The van der Waals surface area contributed by atoms with E-state index in [0.717, 1.165) is 15.3 Å². The Balaban J connectivity index is 1.55. The van der Waals surface area contributed by atoms with Crippen LogP contribution in [0.3, 0.4) is 0 Å². The van der Waals surface area contributed by atoms with Gasteiger partial charge in [-0.1, -0.05) is 23.5 Å². The second-order valence-corrected chi connectivity index (χ2v) is 10.9. The van der Waals surface area contributed by atoms with Crippen LogP contribution in [0.15, 0.2) is 41.5 Å². The van der Waals surface area contributed by atoms with Gasteiger partial charge in [0, 0.05) is 50.2 Å². The summed E-state index contributed by atoms with van der Waals surface area (Å²) in [5.74, 6) is -0.809. The Morgan fingerprint density at radius 2 is 1.68 bits per heavy atom. The Hall–Kier alpha value is -3.20. The summed E-state index contributed by atoms with van der Waals surface area (Å²) in [6.07, 6.45) is 3.11. The van der Waals surface area contributed by atoms with E-state index in [2.05, 4.69) is 16.3 Å². The molecule has 0 bridgehead atoms. The van der Waals surface area contributed by atoms with E-state index in [-0.39, 0.29) is 23.1 Å². The maximum absolute atomic E-state index is 13.4. The molecule has 3 aromatic rings. The quantitative estimate of drug-likeness (QED) is 0.616. The highest BCUT2D eigenvalue weighted by molar-refractivity contribution is 7.22. The average molecular weight is 482 g/mol. The summed E-state index contributed by atoms with van der Waals surface area (Å²) in [7, 11) is 0. The van der Waals surface area contributed by atoms with Crippen molar-refractivity contribution in [3.8, 4) is 0 Å². The average Bonchev–Trinajstić information content (AvgIpc) is 3.22. The molecule has 0 unspecified atom stereocenters. The predicted octanol–water partition coefficient (Wildman–Crippen LogP) is 3.53. The number of para-hydroxylation sites is 1. The molecule has 8 nitrogen and oxygen atoms in total. The molecule has 0 spiro atoms. The lowest BCUT2D eigenvalue weighted by atomic mass is 10.1. The number of pyridine rings is 1. The molecule has 3 heterocycles. The summed E-state index contributed by atoms with van der Waals surface area (Å²) in [5, 5.41) is 3.77. The summed E-state index contributed by atoms with van der Waals surface area (Å²) in [6, 6.07) is 8.02. The largest absolute Gasteiger partial charge is 0.350 e. The monoisotopic (exact) mass is 481 g/mol. The first kappa shape index (κ1) is 23.9. The number of benzene rings is 1. The number of hydrogen-bond acceptors (Lipinski definition) is 6. The third-order valence-electron chi connectivity index (χ3n) is 5.73. The number of nitrogens with one attached hydrogen (secondary N) is 1. The van der Waals surface area contributed by atoms with Crippen molar-refractivity contribution in [2.45, 2.75) is 46.2 Å². The third-order valence-corrected chi connectivity index (χ3v) is 6.82. The second-order valence-electron chi connectivity index (χ2n) is 9.90. The number of piperazine rings is 1. The molecular weight excluding hydrogens is 450 g/mol. The SMILES string of the molecule is CC(C)n1cc(C(=O)NC(C)(C)C)c(=O)c(C(=O)N2CCN(c3nc4ccccc4s3)CC2)c1. The van der Waals surface area contributed by atoms with Crippen LogP contribution in [0.1, 0.15) is 61.4 Å². The van der Waals surface area contributed by atoms with Crippen LogP contribution in [-0.4, -0.2) is 58.0 Å². The van der Waals surface area contributed by atoms with Gasteiger partial charge in [-0.15, -0.1) is 0 Å². The zero-order chi connectivity index (χ0) is 24.6. The molecular formula is C25H31N5O3S. The predicted molar refractivity (Wildman–Crippen MR) is 136 cm³/mol. The Labute approximate surface area is 203 Å². The molecule has 1 saturated heterocycles. The summed E-state index contributed by atoms with van der Waals surface area (Å²) in [4.78, 5) is 48.0. The molecule has 180 valence electrons. The molecule has 1 aliphatic rings. The molecule has 4 rings (SSSR count). The first-order valence-electron chi connectivity index (χ1n) is 11.5. The van der Waals surface area contributed by atoms with Gasteiger partial charge < -0.3 is 19.7 Å². The van der Waals surface area contributed by atoms with Crippen molar-refractivity contribution in [3.05, 3.63) is 58.0 Å². The standard InChI is InChI=1S/C25H31N5O3S/c1-16(2)30-14-17(22(32)27-25(3,4)5)21(31)18(15-30)23(33)28-10-12-29(13-11-28)24-26-19-8-6-7-9-20(19)34-24/h6-9,14-16H,10-13H2,1-5H3,(H,27,32). The normalized spacial score (nSPS) is 14.6. The molecule has 2 aromatic heterocycles. The Morgan fingerprint density at radius 1 is 1.03 bits per heavy atom. The van der Waals surface area contributed by atoms with Gasteiger partial charge >= 0.3 is 0 Å². The highest BCUT2D eigenvalue weighted by Crippen LogP contribution is 2.29. The first-order valence-corrected chi connectivity index (χ1v) is 12.3. The van der Waals surface area contributed by atoms with Crippen LogP contribution in [0.5, 0.6) is 0 Å². The topological polar surface area (TPSA) is 87.5 Å². The lowest BCUT2D eigenvalue weighted by Gasteiger charge is -2.34. The number of amides is 2. The van der Waals surface area contributed by atoms with E-state index < -0.39 is 16.9 Å². The van der Waals surface area contributed by atoms with Crippen LogP contribution in [0.25, 0.3) is 10.2 Å². The fourth-order valence-electron chi connectivity index (χ4n) is 3.88. The molecule has 1 aromatic carbocycles. The van der Waals surface area contributed by atoms with Crippen LogP contribution in [0, 0.1) is 0 Å². The molecule has 0 radical (unpaired) electrons. The first-order chi connectivity index (χ1) is 16.0.